The first-order valence-electron chi connectivity index (χ1n) is 8.59. The van der Waals surface area contributed by atoms with Gasteiger partial charge in [0, 0.05) is 12.7 Å². The number of hydrogen-bond acceptors (Lipinski definition) is 4. The normalized spacial score (nSPS) is 11.4. The molecule has 2 aromatic rings. The van der Waals surface area contributed by atoms with Crippen molar-refractivity contribution in [3.05, 3.63) is 47.2 Å². The summed E-state index contributed by atoms with van der Waals surface area (Å²) in [5, 5.41) is 12.7. The zero-order valence-electron chi connectivity index (χ0n) is 14.9. The predicted molar refractivity (Wildman–Crippen MR) is 94.7 cm³/mol. The highest BCUT2D eigenvalue weighted by Gasteiger charge is 2.30. The number of phenols is 1. The van der Waals surface area contributed by atoms with E-state index < -0.39 is 11.7 Å². The van der Waals surface area contributed by atoms with Crippen LogP contribution in [0.25, 0.3) is 0 Å². The summed E-state index contributed by atoms with van der Waals surface area (Å²) in [5.74, 6) is 1.44. The van der Waals surface area contributed by atoms with Gasteiger partial charge in [0.2, 0.25) is 0 Å². The average molecular weight is 368 g/mol. The molecular formula is C19H23F3N2O2. The van der Waals surface area contributed by atoms with Crippen molar-refractivity contribution in [1.29, 1.82) is 0 Å². The summed E-state index contributed by atoms with van der Waals surface area (Å²) < 4.78 is 43.4. The predicted octanol–water partition coefficient (Wildman–Crippen LogP) is 4.81. The van der Waals surface area contributed by atoms with Gasteiger partial charge in [-0.2, -0.15) is 13.2 Å². The van der Waals surface area contributed by atoms with Gasteiger partial charge in [-0.1, -0.05) is 13.8 Å². The number of aromatic nitrogens is 1. The van der Waals surface area contributed by atoms with Crippen LogP contribution in [0.5, 0.6) is 11.5 Å². The zero-order chi connectivity index (χ0) is 19.2. The molecule has 7 heteroatoms. The summed E-state index contributed by atoms with van der Waals surface area (Å²) in [6.07, 6.45) is -1.39. The van der Waals surface area contributed by atoms with E-state index in [0.29, 0.717) is 25.4 Å². The Balaban J connectivity index is 1.84. The van der Waals surface area contributed by atoms with E-state index in [-0.39, 0.29) is 5.75 Å². The third-order valence-corrected chi connectivity index (χ3v) is 3.95. The van der Waals surface area contributed by atoms with E-state index in [1.807, 2.05) is 13.8 Å². The van der Waals surface area contributed by atoms with Crippen LogP contribution >= 0.6 is 0 Å². The summed E-state index contributed by atoms with van der Waals surface area (Å²) in [5.41, 5.74) is 1.15. The molecule has 1 aromatic carbocycles. The minimum absolute atomic E-state index is 0.237. The van der Waals surface area contributed by atoms with Crippen molar-refractivity contribution in [1.82, 2.24) is 4.98 Å². The van der Waals surface area contributed by atoms with Gasteiger partial charge in [0.1, 0.15) is 17.3 Å². The molecule has 0 unspecified atom stereocenters. The van der Waals surface area contributed by atoms with Gasteiger partial charge < -0.3 is 15.2 Å². The Morgan fingerprint density at radius 1 is 1.12 bits per heavy atom. The van der Waals surface area contributed by atoms with E-state index in [1.54, 1.807) is 12.1 Å². The molecule has 0 aliphatic carbocycles. The van der Waals surface area contributed by atoms with Crippen LogP contribution in [0.3, 0.4) is 0 Å². The fourth-order valence-electron chi connectivity index (χ4n) is 2.58. The first-order valence-corrected chi connectivity index (χ1v) is 8.59. The third-order valence-electron chi connectivity index (χ3n) is 3.95. The lowest BCUT2D eigenvalue weighted by molar-refractivity contribution is -0.137. The molecule has 2 rings (SSSR count). The Morgan fingerprint density at radius 2 is 1.77 bits per heavy atom. The SMILES string of the molecule is CCc1cc(O)cc(CC)c1OCCCNc1ccc(C(F)(F)F)cn1. The van der Waals surface area contributed by atoms with Crippen molar-refractivity contribution in [2.45, 2.75) is 39.3 Å². The molecule has 2 N–H and O–H groups in total. The lowest BCUT2D eigenvalue weighted by atomic mass is 10.0. The first-order chi connectivity index (χ1) is 12.3. The van der Waals surface area contributed by atoms with Crippen LogP contribution in [0.2, 0.25) is 0 Å². The van der Waals surface area contributed by atoms with Gasteiger partial charge in [-0.15, -0.1) is 0 Å². The maximum atomic E-state index is 12.5. The molecule has 0 saturated heterocycles. The summed E-state index contributed by atoms with van der Waals surface area (Å²) in [6.45, 7) is 4.98. The first kappa shape index (κ1) is 19.9. The van der Waals surface area contributed by atoms with E-state index in [9.17, 15) is 18.3 Å². The topological polar surface area (TPSA) is 54.4 Å². The monoisotopic (exact) mass is 368 g/mol. The van der Waals surface area contributed by atoms with Crippen molar-refractivity contribution in [2.75, 3.05) is 18.5 Å². The van der Waals surface area contributed by atoms with Crippen molar-refractivity contribution in [2.24, 2.45) is 0 Å². The molecule has 0 atom stereocenters. The molecule has 0 aliphatic heterocycles. The molecule has 0 aliphatic rings. The van der Waals surface area contributed by atoms with Crippen molar-refractivity contribution >= 4 is 5.82 Å². The summed E-state index contributed by atoms with van der Waals surface area (Å²) in [4.78, 5) is 3.77. The van der Waals surface area contributed by atoms with Crippen molar-refractivity contribution in [3.8, 4) is 11.5 Å². The molecule has 142 valence electrons. The van der Waals surface area contributed by atoms with Gasteiger partial charge in [-0.05, 0) is 54.7 Å². The number of aryl methyl sites for hydroxylation is 2. The number of hydrogen-bond donors (Lipinski definition) is 2. The lowest BCUT2D eigenvalue weighted by Crippen LogP contribution is -2.11. The largest absolute Gasteiger partial charge is 0.508 e. The van der Waals surface area contributed by atoms with Gasteiger partial charge in [-0.25, -0.2) is 4.98 Å². The quantitative estimate of drug-likeness (QED) is 0.657. The molecule has 26 heavy (non-hydrogen) atoms. The van der Waals surface area contributed by atoms with Crippen LogP contribution in [0.15, 0.2) is 30.5 Å². The Kier molecular flexibility index (Phi) is 6.71. The number of pyridine rings is 1. The molecule has 1 aromatic heterocycles. The number of rotatable bonds is 8. The standard InChI is InChI=1S/C19H23F3N2O2/c1-3-13-10-16(25)11-14(4-2)18(13)26-9-5-8-23-17-7-6-15(12-24-17)19(20,21)22/h6-7,10-12,25H,3-5,8-9H2,1-2H3,(H,23,24). The lowest BCUT2D eigenvalue weighted by Gasteiger charge is -2.15. The second kappa shape index (κ2) is 8.78. The van der Waals surface area contributed by atoms with Gasteiger partial charge in [-0.3, -0.25) is 0 Å². The number of aromatic hydroxyl groups is 1. The minimum Gasteiger partial charge on any atom is -0.508 e. The molecule has 0 radical (unpaired) electrons. The number of benzene rings is 1. The molecular weight excluding hydrogens is 345 g/mol. The smallest absolute Gasteiger partial charge is 0.417 e. The van der Waals surface area contributed by atoms with E-state index in [1.165, 1.54) is 6.07 Å². The van der Waals surface area contributed by atoms with E-state index in [0.717, 1.165) is 42.0 Å². The number of halogens is 3. The number of nitrogens with zero attached hydrogens (tertiary/aromatic N) is 1. The van der Waals surface area contributed by atoms with Crippen molar-refractivity contribution in [3.63, 3.8) is 0 Å². The molecule has 0 fully saturated rings. The number of ether oxygens (including phenoxy) is 1. The summed E-state index contributed by atoms with van der Waals surface area (Å²) in [7, 11) is 0. The average Bonchev–Trinajstić information content (AvgIpc) is 2.61. The zero-order valence-corrected chi connectivity index (χ0v) is 14.9. The maximum absolute atomic E-state index is 12.5. The number of alkyl halides is 3. The third kappa shape index (κ3) is 5.28. The minimum atomic E-state index is -4.38. The van der Waals surface area contributed by atoms with Crippen LogP contribution in [0.4, 0.5) is 19.0 Å². The van der Waals surface area contributed by atoms with Gasteiger partial charge in [0.25, 0.3) is 0 Å². The Morgan fingerprint density at radius 3 is 2.27 bits per heavy atom. The summed E-state index contributed by atoms with van der Waals surface area (Å²) >= 11 is 0. The van der Waals surface area contributed by atoms with E-state index >= 15 is 0 Å². The van der Waals surface area contributed by atoms with Gasteiger partial charge >= 0.3 is 6.18 Å². The molecule has 0 amide bonds. The maximum Gasteiger partial charge on any atom is 0.417 e. The van der Waals surface area contributed by atoms with Gasteiger partial charge in [0.05, 0.1) is 12.2 Å². The highest BCUT2D eigenvalue weighted by Crippen LogP contribution is 2.30. The van der Waals surface area contributed by atoms with Crippen molar-refractivity contribution < 1.29 is 23.0 Å². The van der Waals surface area contributed by atoms with Gasteiger partial charge in [0.15, 0.2) is 0 Å². The highest BCUT2D eigenvalue weighted by atomic mass is 19.4. The summed E-state index contributed by atoms with van der Waals surface area (Å²) in [6, 6.07) is 5.73. The molecule has 4 nitrogen and oxygen atoms in total. The van der Waals surface area contributed by atoms with Crippen LogP contribution in [-0.4, -0.2) is 23.2 Å². The Bertz CT molecular complexity index is 691. The molecule has 1 heterocycles. The Hall–Kier alpha value is -2.44. The van der Waals surface area contributed by atoms with E-state index in [4.69, 9.17) is 4.74 Å². The molecule has 0 saturated carbocycles. The van der Waals surface area contributed by atoms with Crippen LogP contribution < -0.4 is 10.1 Å². The highest BCUT2D eigenvalue weighted by molar-refractivity contribution is 5.47. The fraction of sp³-hybridized carbons (Fsp3) is 0.421. The fourth-order valence-corrected chi connectivity index (χ4v) is 2.58. The van der Waals surface area contributed by atoms with Crippen LogP contribution in [-0.2, 0) is 19.0 Å². The second-order valence-corrected chi connectivity index (χ2v) is 5.86. The van der Waals surface area contributed by atoms with Crippen LogP contribution in [0.1, 0.15) is 37.0 Å². The van der Waals surface area contributed by atoms with E-state index in [2.05, 4.69) is 10.3 Å². The second-order valence-electron chi connectivity index (χ2n) is 5.86. The van der Waals surface area contributed by atoms with Crippen LogP contribution in [0, 0.1) is 0 Å². The molecule has 0 bridgehead atoms. The number of phenolic OH excluding ortho intramolecular Hbond substituents is 1. The molecule has 0 spiro atoms. The number of anilines is 1. The number of nitrogens with one attached hydrogen (secondary N) is 1. The Labute approximate surface area is 151 Å².